The van der Waals surface area contributed by atoms with Gasteiger partial charge >= 0.3 is 5.97 Å². The minimum atomic E-state index is -1.25. The summed E-state index contributed by atoms with van der Waals surface area (Å²) >= 11 is 0. The lowest BCUT2D eigenvalue weighted by atomic mass is 9.70. The number of benzene rings is 3. The van der Waals surface area contributed by atoms with Crippen LogP contribution in [0.15, 0.2) is 98.1 Å². The lowest BCUT2D eigenvalue weighted by molar-refractivity contribution is -0.163. The normalized spacial score (nSPS) is 23.8. The molecule has 0 saturated carbocycles. The fourth-order valence-corrected chi connectivity index (χ4v) is 8.58. The summed E-state index contributed by atoms with van der Waals surface area (Å²) in [7, 11) is 1.51. The number of aliphatic hydroxyl groups excluding tert-OH is 1. The van der Waals surface area contributed by atoms with E-state index in [2.05, 4.69) is 18.5 Å². The minimum absolute atomic E-state index is 0.0258. The summed E-state index contributed by atoms with van der Waals surface area (Å²) in [6, 6.07) is 21.1. The number of carbonyl (C=O) groups excluding carboxylic acids is 4. The molecule has 3 aliphatic heterocycles. The van der Waals surface area contributed by atoms with Crippen molar-refractivity contribution in [3.63, 3.8) is 0 Å². The predicted octanol–water partition coefficient (Wildman–Crippen LogP) is 5.28. The van der Waals surface area contributed by atoms with Crippen molar-refractivity contribution in [3.05, 3.63) is 104 Å². The summed E-state index contributed by atoms with van der Waals surface area (Å²) in [5, 5.41) is 14.4. The van der Waals surface area contributed by atoms with Crippen molar-refractivity contribution in [2.45, 2.75) is 74.8 Å². The number of rotatable bonds is 19. The second-order valence-corrected chi connectivity index (χ2v) is 14.4. The SMILES string of the molecule is C=CCCC(=O)N[C@H](COC)[C@H](OC(=O)[C@@H]1[C@H]2C(=O)N(CCCCCO)[C@H](C(=O)N(CC=C)c3ccc4ccccc4c3)[C@]23CC[C@H]1O3)c1ccccc1. The summed E-state index contributed by atoms with van der Waals surface area (Å²) in [5.41, 5.74) is 0.0742. The Balaban J connectivity index is 1.34. The molecule has 0 aliphatic carbocycles. The smallest absolute Gasteiger partial charge is 0.313 e. The first-order chi connectivity index (χ1) is 26.3. The first kappa shape index (κ1) is 38.9. The van der Waals surface area contributed by atoms with Crippen LogP contribution in [-0.2, 0) is 33.4 Å². The van der Waals surface area contributed by atoms with E-state index in [1.165, 1.54) is 7.11 Å². The molecular weight excluding hydrogens is 686 g/mol. The number of amides is 3. The molecule has 2 N–H and O–H groups in total. The van der Waals surface area contributed by atoms with Gasteiger partial charge in [-0.15, -0.1) is 13.2 Å². The van der Waals surface area contributed by atoms with E-state index in [0.717, 1.165) is 10.8 Å². The zero-order valence-electron chi connectivity index (χ0n) is 30.9. The van der Waals surface area contributed by atoms with Crippen molar-refractivity contribution >= 4 is 40.2 Å². The molecule has 3 saturated heterocycles. The summed E-state index contributed by atoms with van der Waals surface area (Å²) in [4.78, 5) is 60.4. The van der Waals surface area contributed by atoms with Crippen LogP contribution >= 0.6 is 0 Å². The number of fused-ring (bicyclic) bond motifs is 2. The largest absolute Gasteiger partial charge is 0.455 e. The Kier molecular flexibility index (Phi) is 12.6. The lowest BCUT2D eigenvalue weighted by Crippen LogP contribution is -2.56. The second-order valence-electron chi connectivity index (χ2n) is 14.4. The van der Waals surface area contributed by atoms with E-state index in [9.17, 15) is 19.5 Å². The molecule has 3 aliphatic rings. The van der Waals surface area contributed by atoms with Gasteiger partial charge in [0.05, 0.1) is 30.6 Å². The van der Waals surface area contributed by atoms with Gasteiger partial charge in [0.2, 0.25) is 11.8 Å². The Morgan fingerprint density at radius 2 is 1.80 bits per heavy atom. The average molecular weight is 738 g/mol. The molecule has 3 aromatic carbocycles. The molecule has 7 atom stereocenters. The van der Waals surface area contributed by atoms with Crippen molar-refractivity contribution in [3.8, 4) is 0 Å². The monoisotopic (exact) mass is 737 g/mol. The maximum absolute atomic E-state index is 15.0. The number of ether oxygens (including phenoxy) is 3. The maximum atomic E-state index is 15.0. The molecule has 0 unspecified atom stereocenters. The molecule has 54 heavy (non-hydrogen) atoms. The third-order valence-corrected chi connectivity index (χ3v) is 11.0. The zero-order chi connectivity index (χ0) is 38.2. The van der Waals surface area contributed by atoms with Gasteiger partial charge in [-0.2, -0.15) is 0 Å². The van der Waals surface area contributed by atoms with Gasteiger partial charge in [0.1, 0.15) is 17.7 Å². The van der Waals surface area contributed by atoms with Crippen LogP contribution in [0.1, 0.15) is 56.6 Å². The summed E-state index contributed by atoms with van der Waals surface area (Å²) < 4.78 is 18.6. The third-order valence-electron chi connectivity index (χ3n) is 11.0. The molecule has 11 nitrogen and oxygen atoms in total. The molecule has 0 radical (unpaired) electrons. The van der Waals surface area contributed by atoms with Gasteiger partial charge in [-0.25, -0.2) is 0 Å². The third kappa shape index (κ3) is 7.71. The number of carbonyl (C=O) groups is 4. The zero-order valence-corrected chi connectivity index (χ0v) is 30.9. The van der Waals surface area contributed by atoms with E-state index < -0.39 is 47.7 Å². The van der Waals surface area contributed by atoms with Crippen LogP contribution in [0.4, 0.5) is 5.69 Å². The number of aliphatic hydroxyl groups is 1. The highest BCUT2D eigenvalue weighted by Gasteiger charge is 2.75. The van der Waals surface area contributed by atoms with Crippen LogP contribution < -0.4 is 10.2 Å². The van der Waals surface area contributed by atoms with Crippen LogP contribution in [0.5, 0.6) is 0 Å². The molecule has 3 aromatic rings. The van der Waals surface area contributed by atoms with E-state index in [1.54, 1.807) is 22.0 Å². The Bertz CT molecular complexity index is 1830. The van der Waals surface area contributed by atoms with Crippen molar-refractivity contribution < 1.29 is 38.5 Å². The van der Waals surface area contributed by atoms with Crippen molar-refractivity contribution in [1.82, 2.24) is 10.2 Å². The molecule has 3 amide bonds. The quantitative estimate of drug-likeness (QED) is 0.0965. The first-order valence-electron chi connectivity index (χ1n) is 18.9. The van der Waals surface area contributed by atoms with E-state index >= 15 is 4.79 Å². The summed E-state index contributed by atoms with van der Waals surface area (Å²) in [6.07, 6.45) is 5.14. The van der Waals surface area contributed by atoms with E-state index in [1.807, 2.05) is 72.8 Å². The lowest BCUT2D eigenvalue weighted by Gasteiger charge is -2.37. The van der Waals surface area contributed by atoms with Gasteiger partial charge in [-0.05, 0) is 67.0 Å². The number of allylic oxidation sites excluding steroid dienone is 1. The first-order valence-corrected chi connectivity index (χ1v) is 18.9. The molecule has 2 bridgehead atoms. The molecule has 1 spiro atoms. The Morgan fingerprint density at radius 3 is 2.52 bits per heavy atom. The van der Waals surface area contributed by atoms with Gasteiger partial charge in [0.15, 0.2) is 0 Å². The average Bonchev–Trinajstić information content (AvgIpc) is 3.83. The van der Waals surface area contributed by atoms with Gasteiger partial charge in [0, 0.05) is 38.9 Å². The fourth-order valence-electron chi connectivity index (χ4n) is 8.58. The summed E-state index contributed by atoms with van der Waals surface area (Å²) in [6.45, 7) is 8.19. The fraction of sp³-hybridized carbons (Fsp3) is 0.442. The van der Waals surface area contributed by atoms with Crippen LogP contribution in [0.3, 0.4) is 0 Å². The molecule has 3 fully saturated rings. The van der Waals surface area contributed by atoms with Crippen LogP contribution in [0.2, 0.25) is 0 Å². The number of hydrogen-bond donors (Lipinski definition) is 2. The highest BCUT2D eigenvalue weighted by molar-refractivity contribution is 6.05. The van der Waals surface area contributed by atoms with Crippen molar-refractivity contribution in [2.24, 2.45) is 11.8 Å². The number of unbranched alkanes of at least 4 members (excludes halogenated alkanes) is 2. The number of hydrogen-bond acceptors (Lipinski definition) is 8. The molecule has 11 heteroatoms. The number of esters is 1. The van der Waals surface area contributed by atoms with Gasteiger partial charge in [-0.3, -0.25) is 19.2 Å². The van der Waals surface area contributed by atoms with E-state index in [0.29, 0.717) is 49.8 Å². The Morgan fingerprint density at radius 1 is 1.04 bits per heavy atom. The number of anilines is 1. The topological polar surface area (TPSA) is 135 Å². The highest BCUT2D eigenvalue weighted by Crippen LogP contribution is 2.59. The van der Waals surface area contributed by atoms with E-state index in [4.69, 9.17) is 14.2 Å². The molecule has 0 aromatic heterocycles. The van der Waals surface area contributed by atoms with Gasteiger partial charge in [0.25, 0.3) is 5.91 Å². The second kappa shape index (κ2) is 17.5. The van der Waals surface area contributed by atoms with Crippen molar-refractivity contribution in [2.75, 3.05) is 38.3 Å². The van der Waals surface area contributed by atoms with Gasteiger partial charge < -0.3 is 34.4 Å². The number of methoxy groups -OCH3 is 1. The Labute approximate surface area is 316 Å². The summed E-state index contributed by atoms with van der Waals surface area (Å²) in [5.74, 6) is -3.40. The predicted molar refractivity (Wildman–Crippen MR) is 205 cm³/mol. The minimum Gasteiger partial charge on any atom is -0.455 e. The Hall–Kier alpha value is -4.84. The van der Waals surface area contributed by atoms with E-state index in [-0.39, 0.29) is 50.4 Å². The van der Waals surface area contributed by atoms with Crippen LogP contribution in [-0.4, -0.2) is 90.9 Å². The number of likely N-dealkylation sites (tertiary alicyclic amines) is 1. The van der Waals surface area contributed by atoms with Crippen molar-refractivity contribution in [1.29, 1.82) is 0 Å². The molecule has 3 heterocycles. The molecule has 286 valence electrons. The number of nitrogens with one attached hydrogen (secondary N) is 1. The van der Waals surface area contributed by atoms with Crippen LogP contribution in [0.25, 0.3) is 10.8 Å². The van der Waals surface area contributed by atoms with Crippen LogP contribution in [0, 0.1) is 11.8 Å². The maximum Gasteiger partial charge on any atom is 0.313 e. The standard InChI is InChI=1S/C43H51N3O8/c1-4-6-19-35(48)44-33(28-52-3)38(30-16-9-7-10-17-30)53-42(51)36-34-22-23-43(54-34)37(36)40(49)46(25-13-8-14-26-47)39(43)41(50)45(24-5-2)32-21-20-29-15-11-12-18-31(29)27-32/h4-5,7,9-12,15-18,20-21,27,33-34,36-39,47H,1-2,6,8,13-14,19,22-26,28H2,3H3,(H,44,48)/t33-,34-,36+,37+,38-,39-,43+/m1/s1. The highest BCUT2D eigenvalue weighted by atomic mass is 16.6. The van der Waals surface area contributed by atoms with Gasteiger partial charge in [-0.1, -0.05) is 72.8 Å². The molecular formula is C43H51N3O8. The number of nitrogens with zero attached hydrogens (tertiary/aromatic N) is 2. The molecule has 6 rings (SSSR count).